The van der Waals surface area contributed by atoms with Crippen LogP contribution in [0.1, 0.15) is 27.2 Å². The third-order valence-electron chi connectivity index (χ3n) is 1.69. The van der Waals surface area contributed by atoms with Crippen LogP contribution in [0.5, 0.6) is 0 Å². The number of rotatable bonds is 4. The molecule has 0 spiro atoms. The summed E-state index contributed by atoms with van der Waals surface area (Å²) in [4.78, 5) is 10.8. The van der Waals surface area contributed by atoms with Crippen LogP contribution in [0, 0.1) is 0 Å². The molecular formula is C9H16N2O3S. The van der Waals surface area contributed by atoms with Gasteiger partial charge in [-0.1, -0.05) is 6.92 Å². The standard InChI is InChI=1S/C9H16N2O3S/c1-4-9(11-8(3)12)6-5-7(2)15(10,13)14/h5-6H,4H2,1-3H3,(H,11,12)(H2,10,13,14)/b7-5+,9-6+. The number of nitrogens with one attached hydrogen (secondary N) is 1. The maximum absolute atomic E-state index is 10.8. The number of sulfonamides is 1. The monoisotopic (exact) mass is 232 g/mol. The van der Waals surface area contributed by atoms with Crippen molar-refractivity contribution in [2.24, 2.45) is 5.14 Å². The van der Waals surface area contributed by atoms with Crippen LogP contribution in [0.15, 0.2) is 22.8 Å². The van der Waals surface area contributed by atoms with Crippen LogP contribution in [0.25, 0.3) is 0 Å². The maximum atomic E-state index is 10.8. The van der Waals surface area contributed by atoms with Crippen molar-refractivity contribution in [3.8, 4) is 0 Å². The lowest BCUT2D eigenvalue weighted by atomic mass is 10.3. The SMILES string of the molecule is CC/C(=C\C=C(/C)S(N)(=O)=O)NC(C)=O. The lowest BCUT2D eigenvalue weighted by Crippen LogP contribution is -2.18. The molecule has 3 N–H and O–H groups in total. The van der Waals surface area contributed by atoms with Crippen LogP contribution >= 0.6 is 0 Å². The van der Waals surface area contributed by atoms with E-state index in [1.165, 1.54) is 26.0 Å². The van der Waals surface area contributed by atoms with Crippen LogP contribution in [0.3, 0.4) is 0 Å². The summed E-state index contributed by atoms with van der Waals surface area (Å²) in [6.07, 6.45) is 3.50. The minimum Gasteiger partial charge on any atom is -0.330 e. The normalized spacial score (nSPS) is 13.9. The van der Waals surface area contributed by atoms with Gasteiger partial charge in [0.25, 0.3) is 0 Å². The van der Waals surface area contributed by atoms with E-state index < -0.39 is 10.0 Å². The number of amides is 1. The molecule has 0 heterocycles. The second kappa shape index (κ2) is 5.67. The highest BCUT2D eigenvalue weighted by Crippen LogP contribution is 2.03. The fraction of sp³-hybridized carbons (Fsp3) is 0.444. The van der Waals surface area contributed by atoms with E-state index in [1.54, 1.807) is 0 Å². The largest absolute Gasteiger partial charge is 0.330 e. The Balaban J connectivity index is 4.81. The van der Waals surface area contributed by atoms with E-state index in [1.807, 2.05) is 6.92 Å². The summed E-state index contributed by atoms with van der Waals surface area (Å²) in [7, 11) is -3.63. The van der Waals surface area contributed by atoms with E-state index in [0.717, 1.165) is 0 Å². The summed E-state index contributed by atoms with van der Waals surface area (Å²) in [5.74, 6) is -0.190. The van der Waals surface area contributed by atoms with Gasteiger partial charge in [-0.05, 0) is 25.5 Å². The van der Waals surface area contributed by atoms with Crippen molar-refractivity contribution in [2.75, 3.05) is 0 Å². The molecule has 0 aliphatic rings. The van der Waals surface area contributed by atoms with Crippen molar-refractivity contribution in [1.29, 1.82) is 0 Å². The molecule has 0 aromatic heterocycles. The van der Waals surface area contributed by atoms with Crippen LogP contribution in [-0.2, 0) is 14.8 Å². The molecule has 15 heavy (non-hydrogen) atoms. The van der Waals surface area contributed by atoms with E-state index in [-0.39, 0.29) is 10.8 Å². The number of primary sulfonamides is 1. The molecule has 0 saturated heterocycles. The Morgan fingerprint density at radius 1 is 1.33 bits per heavy atom. The Labute approximate surface area is 90.1 Å². The predicted octanol–water partition coefficient (Wildman–Crippen LogP) is 0.609. The van der Waals surface area contributed by atoms with E-state index >= 15 is 0 Å². The number of allylic oxidation sites excluding steroid dienone is 4. The second-order valence-corrected chi connectivity index (χ2v) is 4.78. The lowest BCUT2D eigenvalue weighted by molar-refractivity contribution is -0.118. The van der Waals surface area contributed by atoms with Crippen LogP contribution in [-0.4, -0.2) is 14.3 Å². The minimum atomic E-state index is -3.63. The third-order valence-corrected chi connectivity index (χ3v) is 2.72. The number of hydrogen-bond acceptors (Lipinski definition) is 3. The topological polar surface area (TPSA) is 89.3 Å². The number of nitrogens with two attached hydrogens (primary N) is 1. The summed E-state index contributed by atoms with van der Waals surface area (Å²) >= 11 is 0. The molecule has 0 aliphatic heterocycles. The first kappa shape index (κ1) is 13.9. The van der Waals surface area contributed by atoms with Crippen molar-refractivity contribution in [1.82, 2.24) is 5.32 Å². The van der Waals surface area contributed by atoms with Gasteiger partial charge in [0.15, 0.2) is 0 Å². The summed E-state index contributed by atoms with van der Waals surface area (Å²) in [6.45, 7) is 4.63. The molecule has 86 valence electrons. The highest BCUT2D eigenvalue weighted by Gasteiger charge is 2.04. The second-order valence-electron chi connectivity index (χ2n) is 3.05. The van der Waals surface area contributed by atoms with Gasteiger partial charge in [0.2, 0.25) is 15.9 Å². The quantitative estimate of drug-likeness (QED) is 0.696. The van der Waals surface area contributed by atoms with Gasteiger partial charge >= 0.3 is 0 Å². The number of carbonyl (C=O) groups excluding carboxylic acids is 1. The van der Waals surface area contributed by atoms with Crippen molar-refractivity contribution in [3.63, 3.8) is 0 Å². The summed E-state index contributed by atoms with van der Waals surface area (Å²) in [5.41, 5.74) is 0.644. The van der Waals surface area contributed by atoms with Gasteiger partial charge in [0, 0.05) is 12.6 Å². The van der Waals surface area contributed by atoms with Crippen LogP contribution < -0.4 is 10.5 Å². The smallest absolute Gasteiger partial charge is 0.233 e. The highest BCUT2D eigenvalue weighted by molar-refractivity contribution is 7.93. The first-order valence-corrected chi connectivity index (χ1v) is 5.99. The summed E-state index contributed by atoms with van der Waals surface area (Å²) < 4.78 is 21.7. The van der Waals surface area contributed by atoms with E-state index in [2.05, 4.69) is 5.32 Å². The van der Waals surface area contributed by atoms with Crippen LogP contribution in [0.2, 0.25) is 0 Å². The minimum absolute atomic E-state index is 0.0544. The Morgan fingerprint density at radius 3 is 2.20 bits per heavy atom. The van der Waals surface area contributed by atoms with Gasteiger partial charge in [-0.3, -0.25) is 4.79 Å². The molecule has 0 aliphatic carbocycles. The third kappa shape index (κ3) is 6.03. The zero-order chi connectivity index (χ0) is 12.1. The molecule has 6 heteroatoms. The molecule has 5 nitrogen and oxygen atoms in total. The molecular weight excluding hydrogens is 216 g/mol. The summed E-state index contributed by atoms with van der Waals surface area (Å²) in [6, 6.07) is 0. The van der Waals surface area contributed by atoms with E-state index in [4.69, 9.17) is 5.14 Å². The highest BCUT2D eigenvalue weighted by atomic mass is 32.2. The Bertz CT molecular complexity index is 394. The van der Waals surface area contributed by atoms with Gasteiger partial charge in [-0.2, -0.15) is 0 Å². The fourth-order valence-corrected chi connectivity index (χ4v) is 1.04. The van der Waals surface area contributed by atoms with E-state index in [0.29, 0.717) is 12.1 Å². The van der Waals surface area contributed by atoms with Gasteiger partial charge in [-0.25, -0.2) is 13.6 Å². The van der Waals surface area contributed by atoms with Crippen molar-refractivity contribution >= 4 is 15.9 Å². The molecule has 0 bridgehead atoms. The van der Waals surface area contributed by atoms with Crippen molar-refractivity contribution in [2.45, 2.75) is 27.2 Å². The molecule has 0 aromatic rings. The van der Waals surface area contributed by atoms with Gasteiger partial charge < -0.3 is 5.32 Å². The molecule has 0 rings (SSSR count). The molecule has 0 unspecified atom stereocenters. The summed E-state index contributed by atoms with van der Waals surface area (Å²) in [5, 5.41) is 7.47. The zero-order valence-corrected chi connectivity index (χ0v) is 9.89. The average molecular weight is 232 g/mol. The average Bonchev–Trinajstić information content (AvgIpc) is 2.09. The number of hydrogen-bond donors (Lipinski definition) is 2. The lowest BCUT2D eigenvalue weighted by Gasteiger charge is -2.03. The molecule has 0 saturated carbocycles. The Morgan fingerprint density at radius 2 is 1.87 bits per heavy atom. The Kier molecular flexibility index (Phi) is 5.24. The zero-order valence-electron chi connectivity index (χ0n) is 9.07. The molecule has 0 aromatic carbocycles. The maximum Gasteiger partial charge on any atom is 0.233 e. The first-order chi connectivity index (χ1) is 6.77. The Hall–Kier alpha value is -1.14. The van der Waals surface area contributed by atoms with Crippen molar-refractivity contribution in [3.05, 3.63) is 22.8 Å². The van der Waals surface area contributed by atoms with Gasteiger partial charge in [-0.15, -0.1) is 0 Å². The van der Waals surface area contributed by atoms with E-state index in [9.17, 15) is 13.2 Å². The molecule has 1 amide bonds. The molecule has 0 radical (unpaired) electrons. The predicted molar refractivity (Wildman–Crippen MR) is 59.1 cm³/mol. The first-order valence-electron chi connectivity index (χ1n) is 4.45. The fourth-order valence-electron chi connectivity index (χ4n) is 0.787. The van der Waals surface area contributed by atoms with Crippen LogP contribution in [0.4, 0.5) is 0 Å². The molecule has 0 fully saturated rings. The van der Waals surface area contributed by atoms with Crippen molar-refractivity contribution < 1.29 is 13.2 Å². The van der Waals surface area contributed by atoms with Gasteiger partial charge in [0.05, 0.1) is 4.91 Å². The molecule has 0 atom stereocenters. The number of carbonyl (C=O) groups is 1. The van der Waals surface area contributed by atoms with Gasteiger partial charge in [0.1, 0.15) is 0 Å².